The Balaban J connectivity index is 2.24. The average Bonchev–Trinajstić information content (AvgIpc) is 2.74. The SMILES string of the molecule is CCCOc1ccc(F)c2c(=O)c(-c3ccc(OC)cc3)cn(CCOCC)c12. The van der Waals surface area contributed by atoms with Crippen LogP contribution in [0, 0.1) is 5.82 Å². The molecule has 0 atom stereocenters. The van der Waals surface area contributed by atoms with Crippen LogP contribution in [0.15, 0.2) is 47.4 Å². The van der Waals surface area contributed by atoms with E-state index in [1.807, 2.05) is 18.4 Å². The lowest BCUT2D eigenvalue weighted by Gasteiger charge is -2.17. The number of benzene rings is 2. The molecule has 0 spiro atoms. The summed E-state index contributed by atoms with van der Waals surface area (Å²) in [5.74, 6) is 0.625. The Bertz CT molecular complexity index is 1030. The first-order valence-corrected chi connectivity index (χ1v) is 9.81. The number of aromatic nitrogens is 1. The third kappa shape index (κ3) is 4.43. The summed E-state index contributed by atoms with van der Waals surface area (Å²) >= 11 is 0. The maximum absolute atomic E-state index is 14.8. The number of methoxy groups -OCH3 is 1. The Morgan fingerprint density at radius 2 is 1.79 bits per heavy atom. The molecule has 1 aromatic heterocycles. The fraction of sp³-hybridized carbons (Fsp3) is 0.348. The minimum absolute atomic E-state index is 0.0309. The molecule has 2 aromatic carbocycles. The Morgan fingerprint density at radius 3 is 2.45 bits per heavy atom. The van der Waals surface area contributed by atoms with Gasteiger partial charge in [0.2, 0.25) is 0 Å². The fourth-order valence-electron chi connectivity index (χ4n) is 3.25. The highest BCUT2D eigenvalue weighted by Gasteiger charge is 2.18. The normalized spacial score (nSPS) is 11.0. The molecular weight excluding hydrogens is 373 g/mol. The van der Waals surface area contributed by atoms with Crippen molar-refractivity contribution in [1.82, 2.24) is 4.57 Å². The summed E-state index contributed by atoms with van der Waals surface area (Å²) in [6, 6.07) is 10.0. The van der Waals surface area contributed by atoms with Crippen LogP contribution in [0.1, 0.15) is 20.3 Å². The lowest BCUT2D eigenvalue weighted by atomic mass is 10.0. The molecule has 3 aromatic rings. The van der Waals surface area contributed by atoms with Gasteiger partial charge in [-0.2, -0.15) is 0 Å². The highest BCUT2D eigenvalue weighted by molar-refractivity contribution is 5.89. The number of hydrogen-bond donors (Lipinski definition) is 0. The van der Waals surface area contributed by atoms with E-state index < -0.39 is 5.82 Å². The van der Waals surface area contributed by atoms with Gasteiger partial charge in [0.05, 0.1) is 31.2 Å². The van der Waals surface area contributed by atoms with Crippen molar-refractivity contribution in [2.24, 2.45) is 0 Å². The van der Waals surface area contributed by atoms with Crippen LogP contribution in [0.5, 0.6) is 11.5 Å². The number of rotatable bonds is 9. The number of nitrogens with zero attached hydrogens (tertiary/aromatic N) is 1. The smallest absolute Gasteiger partial charge is 0.200 e. The average molecular weight is 399 g/mol. The van der Waals surface area contributed by atoms with Gasteiger partial charge in [0.1, 0.15) is 17.3 Å². The van der Waals surface area contributed by atoms with E-state index in [1.165, 1.54) is 6.07 Å². The van der Waals surface area contributed by atoms with Crippen LogP contribution in [-0.2, 0) is 11.3 Å². The van der Waals surface area contributed by atoms with Crippen molar-refractivity contribution >= 4 is 10.9 Å². The molecule has 154 valence electrons. The number of fused-ring (bicyclic) bond motifs is 1. The van der Waals surface area contributed by atoms with Crippen molar-refractivity contribution in [3.63, 3.8) is 0 Å². The molecule has 0 aliphatic heterocycles. The van der Waals surface area contributed by atoms with Gasteiger partial charge in [-0.3, -0.25) is 4.79 Å². The molecule has 1 heterocycles. The van der Waals surface area contributed by atoms with Crippen molar-refractivity contribution in [2.75, 3.05) is 26.9 Å². The van der Waals surface area contributed by atoms with Crippen LogP contribution in [0.25, 0.3) is 22.0 Å². The zero-order chi connectivity index (χ0) is 20.8. The molecule has 0 bridgehead atoms. The number of hydrogen-bond acceptors (Lipinski definition) is 4. The predicted octanol–water partition coefficient (Wildman–Crippen LogP) is 4.64. The van der Waals surface area contributed by atoms with Gasteiger partial charge in [-0.05, 0) is 43.2 Å². The first-order valence-electron chi connectivity index (χ1n) is 9.81. The number of halogens is 1. The molecule has 29 heavy (non-hydrogen) atoms. The first-order chi connectivity index (χ1) is 14.1. The minimum Gasteiger partial charge on any atom is -0.497 e. The van der Waals surface area contributed by atoms with E-state index in [4.69, 9.17) is 14.2 Å². The summed E-state index contributed by atoms with van der Waals surface area (Å²) in [5.41, 5.74) is 1.21. The van der Waals surface area contributed by atoms with E-state index in [0.717, 1.165) is 6.42 Å². The van der Waals surface area contributed by atoms with E-state index in [-0.39, 0.29) is 10.8 Å². The van der Waals surface area contributed by atoms with Gasteiger partial charge in [-0.25, -0.2) is 4.39 Å². The van der Waals surface area contributed by atoms with Crippen LogP contribution in [0.3, 0.4) is 0 Å². The lowest BCUT2D eigenvalue weighted by Crippen LogP contribution is -2.17. The monoisotopic (exact) mass is 399 g/mol. The zero-order valence-corrected chi connectivity index (χ0v) is 17.0. The van der Waals surface area contributed by atoms with Gasteiger partial charge in [0.15, 0.2) is 5.43 Å². The van der Waals surface area contributed by atoms with Crippen molar-refractivity contribution in [1.29, 1.82) is 0 Å². The van der Waals surface area contributed by atoms with Crippen LogP contribution in [0.4, 0.5) is 4.39 Å². The van der Waals surface area contributed by atoms with Gasteiger partial charge in [-0.15, -0.1) is 0 Å². The Hall–Kier alpha value is -2.86. The van der Waals surface area contributed by atoms with Crippen molar-refractivity contribution in [3.8, 4) is 22.6 Å². The summed E-state index contributed by atoms with van der Waals surface area (Å²) < 4.78 is 33.2. The highest BCUT2D eigenvalue weighted by atomic mass is 19.1. The molecule has 0 saturated carbocycles. The van der Waals surface area contributed by atoms with E-state index >= 15 is 0 Å². The molecular formula is C23H26FNO4. The molecule has 0 aliphatic carbocycles. The van der Waals surface area contributed by atoms with E-state index in [0.29, 0.717) is 54.5 Å². The number of ether oxygens (including phenoxy) is 3. The van der Waals surface area contributed by atoms with Gasteiger partial charge < -0.3 is 18.8 Å². The Kier molecular flexibility index (Phi) is 6.88. The Labute approximate surface area is 169 Å². The third-order valence-corrected chi connectivity index (χ3v) is 4.68. The van der Waals surface area contributed by atoms with Crippen LogP contribution in [0.2, 0.25) is 0 Å². The molecule has 0 saturated heterocycles. The zero-order valence-electron chi connectivity index (χ0n) is 17.0. The van der Waals surface area contributed by atoms with Crippen LogP contribution in [-0.4, -0.2) is 31.5 Å². The first kappa shape index (κ1) is 20.9. The summed E-state index contributed by atoms with van der Waals surface area (Å²) in [6.45, 7) is 5.90. The summed E-state index contributed by atoms with van der Waals surface area (Å²) in [7, 11) is 1.58. The quantitative estimate of drug-likeness (QED) is 0.492. The van der Waals surface area contributed by atoms with Crippen LogP contribution < -0.4 is 14.9 Å². The molecule has 0 N–H and O–H groups in total. The molecule has 0 unspecified atom stereocenters. The maximum Gasteiger partial charge on any atom is 0.200 e. The molecule has 5 nitrogen and oxygen atoms in total. The molecule has 0 aliphatic rings. The molecule has 6 heteroatoms. The Morgan fingerprint density at radius 1 is 1.03 bits per heavy atom. The van der Waals surface area contributed by atoms with Crippen molar-refractivity contribution in [2.45, 2.75) is 26.8 Å². The summed E-state index contributed by atoms with van der Waals surface area (Å²) in [5, 5.41) is 0.0309. The lowest BCUT2D eigenvalue weighted by molar-refractivity contribution is 0.139. The predicted molar refractivity (Wildman–Crippen MR) is 112 cm³/mol. The molecule has 3 rings (SSSR count). The van der Waals surface area contributed by atoms with E-state index in [1.54, 1.807) is 43.6 Å². The van der Waals surface area contributed by atoms with Crippen molar-refractivity contribution < 1.29 is 18.6 Å². The van der Waals surface area contributed by atoms with Gasteiger partial charge >= 0.3 is 0 Å². The molecule has 0 amide bonds. The molecule has 0 radical (unpaired) electrons. The largest absolute Gasteiger partial charge is 0.497 e. The van der Waals surface area contributed by atoms with Gasteiger partial charge in [0.25, 0.3) is 0 Å². The van der Waals surface area contributed by atoms with Gasteiger partial charge in [0, 0.05) is 24.9 Å². The topological polar surface area (TPSA) is 49.7 Å². The number of pyridine rings is 1. The van der Waals surface area contributed by atoms with Crippen molar-refractivity contribution in [3.05, 3.63) is 58.6 Å². The van der Waals surface area contributed by atoms with Crippen LogP contribution >= 0.6 is 0 Å². The minimum atomic E-state index is -0.561. The third-order valence-electron chi connectivity index (χ3n) is 4.68. The van der Waals surface area contributed by atoms with E-state index in [9.17, 15) is 9.18 Å². The summed E-state index contributed by atoms with van der Waals surface area (Å²) in [4.78, 5) is 13.2. The fourth-order valence-corrected chi connectivity index (χ4v) is 3.25. The summed E-state index contributed by atoms with van der Waals surface area (Å²) in [6.07, 6.45) is 2.57. The second kappa shape index (κ2) is 9.56. The van der Waals surface area contributed by atoms with Gasteiger partial charge in [-0.1, -0.05) is 19.1 Å². The maximum atomic E-state index is 14.8. The standard InChI is InChI=1S/C23H26FNO4/c1-4-13-29-20-11-10-19(24)21-22(20)25(12-14-28-5-2)15-18(23(21)26)16-6-8-17(27-3)9-7-16/h6-11,15H,4-5,12-14H2,1-3H3. The second-order valence-corrected chi connectivity index (χ2v) is 6.61. The highest BCUT2D eigenvalue weighted by Crippen LogP contribution is 2.29. The van der Waals surface area contributed by atoms with E-state index in [2.05, 4.69) is 0 Å². The molecule has 0 fully saturated rings. The second-order valence-electron chi connectivity index (χ2n) is 6.61.